The molecule has 19 heavy (non-hydrogen) atoms. The molecule has 0 aromatic carbocycles. The predicted octanol–water partition coefficient (Wildman–Crippen LogP) is 4.66. The largest absolute Gasteiger partial charge is 0.307 e. The molecule has 0 unspecified atom stereocenters. The molecule has 0 saturated heterocycles. The van der Waals surface area contributed by atoms with Crippen molar-refractivity contribution in [3.8, 4) is 0 Å². The molecule has 0 aliphatic carbocycles. The Morgan fingerprint density at radius 3 is 1.95 bits per heavy atom. The zero-order valence-corrected chi connectivity index (χ0v) is 15.1. The maximum absolute atomic E-state index is 2.53. The van der Waals surface area contributed by atoms with E-state index in [1.807, 2.05) is 0 Å². The topological polar surface area (TPSA) is 6.25 Å². The van der Waals surface area contributed by atoms with Gasteiger partial charge in [-0.2, -0.15) is 0 Å². The average Bonchev–Trinajstić information content (AvgIpc) is 2.73. The number of nitrogens with zero attached hydrogens (tertiary/aromatic N) is 2. The molecule has 2 nitrogen and oxygen atoms in total. The number of amidine groups is 1. The Bertz CT molecular complexity index is 263. The quantitative estimate of drug-likeness (QED) is 0.219. The van der Waals surface area contributed by atoms with Crippen molar-refractivity contribution in [3.63, 3.8) is 0 Å². The maximum Gasteiger partial charge on any atom is 0.307 e. The lowest BCUT2D eigenvalue weighted by molar-refractivity contribution is -0.483. The zero-order valence-electron chi connectivity index (χ0n) is 13.0. The monoisotopic (exact) mass is 379 g/mol. The van der Waals surface area contributed by atoms with Gasteiger partial charge in [0.2, 0.25) is 0 Å². The van der Waals surface area contributed by atoms with Crippen LogP contribution in [0, 0.1) is 0 Å². The van der Waals surface area contributed by atoms with Crippen LogP contribution in [0.25, 0.3) is 0 Å². The summed E-state index contributed by atoms with van der Waals surface area (Å²) < 4.78 is 3.80. The summed E-state index contributed by atoms with van der Waals surface area (Å²) in [7, 11) is 2.19. The van der Waals surface area contributed by atoms with E-state index in [-0.39, 0.29) is 0 Å². The molecule has 0 radical (unpaired) electrons. The minimum absolute atomic E-state index is 1.20. The second-order valence-electron chi connectivity index (χ2n) is 5.86. The van der Waals surface area contributed by atoms with Crippen molar-refractivity contribution in [2.24, 2.45) is 0 Å². The van der Waals surface area contributed by atoms with Crippen molar-refractivity contribution < 1.29 is 4.58 Å². The van der Waals surface area contributed by atoms with Crippen molar-refractivity contribution in [2.45, 2.75) is 71.1 Å². The van der Waals surface area contributed by atoms with E-state index in [9.17, 15) is 0 Å². The number of rotatable bonds is 11. The Morgan fingerprint density at radius 2 is 1.47 bits per heavy atom. The van der Waals surface area contributed by atoms with E-state index in [0.29, 0.717) is 0 Å². The molecular formula is C16H32IN2+. The Labute approximate surface area is 133 Å². The molecule has 1 heterocycles. The second kappa shape index (κ2) is 10.9. The highest BCUT2D eigenvalue weighted by Gasteiger charge is 2.24. The van der Waals surface area contributed by atoms with Crippen LogP contribution in [0.4, 0.5) is 0 Å². The lowest BCUT2D eigenvalue weighted by Gasteiger charge is -2.09. The van der Waals surface area contributed by atoms with Crippen molar-refractivity contribution in [1.82, 2.24) is 4.90 Å². The number of hydrogen-bond donors (Lipinski definition) is 0. The van der Waals surface area contributed by atoms with Crippen LogP contribution in [0.1, 0.15) is 71.1 Å². The molecule has 0 aromatic rings. The van der Waals surface area contributed by atoms with Crippen LogP contribution in [0.3, 0.4) is 0 Å². The van der Waals surface area contributed by atoms with Gasteiger partial charge in [0.05, 0.1) is 36.2 Å². The van der Waals surface area contributed by atoms with Gasteiger partial charge in [0.1, 0.15) is 13.1 Å². The van der Waals surface area contributed by atoms with Crippen molar-refractivity contribution in [1.29, 1.82) is 0 Å². The van der Waals surface area contributed by atoms with Gasteiger partial charge in [-0.3, -0.25) is 9.48 Å². The van der Waals surface area contributed by atoms with Gasteiger partial charge in [-0.05, 0) is 12.8 Å². The van der Waals surface area contributed by atoms with E-state index in [2.05, 4.69) is 46.0 Å². The van der Waals surface area contributed by atoms with Crippen LogP contribution >= 0.6 is 22.6 Å². The SMILES string of the molecule is CCCCCCCCCCCCN1CC[N+](C)=C1I. The molecule has 0 N–H and O–H groups in total. The lowest BCUT2D eigenvalue weighted by Crippen LogP contribution is -2.25. The van der Waals surface area contributed by atoms with E-state index in [1.54, 1.807) is 0 Å². The van der Waals surface area contributed by atoms with Crippen molar-refractivity contribution in [2.75, 3.05) is 26.7 Å². The molecule has 0 saturated carbocycles. The molecule has 1 rings (SSSR count). The molecule has 1 aliphatic rings. The summed E-state index contributed by atoms with van der Waals surface area (Å²) in [4.78, 5) is 2.53. The Balaban J connectivity index is 1.84. The van der Waals surface area contributed by atoms with Crippen LogP contribution in [-0.4, -0.2) is 40.0 Å². The minimum Gasteiger partial charge on any atom is -0.256 e. The normalized spacial score (nSPS) is 15.6. The first kappa shape index (κ1) is 17.3. The molecule has 0 aromatic heterocycles. The maximum atomic E-state index is 2.53. The summed E-state index contributed by atoms with van der Waals surface area (Å²) in [6.07, 6.45) is 14.3. The molecule has 0 amide bonds. The number of halogens is 1. The summed E-state index contributed by atoms with van der Waals surface area (Å²) in [6, 6.07) is 0. The summed E-state index contributed by atoms with van der Waals surface area (Å²) >= 11 is 2.48. The lowest BCUT2D eigenvalue weighted by atomic mass is 10.1. The van der Waals surface area contributed by atoms with Gasteiger partial charge in [0.15, 0.2) is 0 Å². The fraction of sp³-hybridized carbons (Fsp3) is 0.938. The highest BCUT2D eigenvalue weighted by Crippen LogP contribution is 2.12. The van der Waals surface area contributed by atoms with Gasteiger partial charge in [-0.15, -0.1) is 0 Å². The van der Waals surface area contributed by atoms with E-state index < -0.39 is 0 Å². The molecule has 0 atom stereocenters. The van der Waals surface area contributed by atoms with Crippen LogP contribution < -0.4 is 0 Å². The Morgan fingerprint density at radius 1 is 0.947 bits per heavy atom. The number of unbranched alkanes of at least 4 members (excludes halogenated alkanes) is 9. The van der Waals surface area contributed by atoms with E-state index in [1.165, 1.54) is 87.7 Å². The molecular weight excluding hydrogens is 347 g/mol. The standard InChI is InChI=1S/C16H32IN2/c1-3-4-5-6-7-8-9-10-11-12-13-19-15-14-18(2)16(19)17/h3-15H2,1-2H3/q+1. The Kier molecular flexibility index (Phi) is 9.92. The van der Waals surface area contributed by atoms with Crippen LogP contribution in [-0.2, 0) is 0 Å². The fourth-order valence-electron chi connectivity index (χ4n) is 2.69. The zero-order chi connectivity index (χ0) is 13.9. The molecule has 3 heteroatoms. The third kappa shape index (κ3) is 7.52. The third-order valence-corrected chi connectivity index (χ3v) is 5.57. The van der Waals surface area contributed by atoms with Gasteiger partial charge in [-0.25, -0.2) is 0 Å². The van der Waals surface area contributed by atoms with Crippen molar-refractivity contribution >= 4 is 26.4 Å². The van der Waals surface area contributed by atoms with E-state index in [0.717, 1.165) is 0 Å². The summed E-state index contributed by atoms with van der Waals surface area (Å²) in [5.74, 6) is 0. The molecule has 0 fully saturated rings. The second-order valence-corrected chi connectivity index (χ2v) is 6.82. The fourth-order valence-corrected chi connectivity index (χ4v) is 3.41. The smallest absolute Gasteiger partial charge is 0.256 e. The van der Waals surface area contributed by atoms with Gasteiger partial charge >= 0.3 is 3.84 Å². The van der Waals surface area contributed by atoms with Crippen LogP contribution in [0.2, 0.25) is 0 Å². The van der Waals surface area contributed by atoms with Crippen LogP contribution in [0.5, 0.6) is 0 Å². The minimum atomic E-state index is 1.20. The number of hydrogen-bond acceptors (Lipinski definition) is 1. The van der Waals surface area contributed by atoms with E-state index >= 15 is 0 Å². The first-order valence-corrected chi connectivity index (χ1v) is 9.32. The third-order valence-electron chi connectivity index (χ3n) is 4.06. The first-order valence-electron chi connectivity index (χ1n) is 8.24. The molecule has 1 aliphatic heterocycles. The molecule has 0 bridgehead atoms. The predicted molar refractivity (Wildman–Crippen MR) is 93.5 cm³/mol. The Hall–Kier alpha value is 0.200. The van der Waals surface area contributed by atoms with Crippen LogP contribution in [0.15, 0.2) is 0 Å². The molecule has 112 valence electrons. The van der Waals surface area contributed by atoms with Gasteiger partial charge in [0.25, 0.3) is 0 Å². The number of likely N-dealkylation sites (N-methyl/N-ethyl adjacent to an activating group) is 1. The highest BCUT2D eigenvalue weighted by atomic mass is 127. The summed E-state index contributed by atoms with van der Waals surface area (Å²) in [5, 5.41) is 0. The highest BCUT2D eigenvalue weighted by molar-refractivity contribution is 14.1. The summed E-state index contributed by atoms with van der Waals surface area (Å²) in [5.41, 5.74) is 0. The van der Waals surface area contributed by atoms with E-state index in [4.69, 9.17) is 0 Å². The summed E-state index contributed by atoms with van der Waals surface area (Å²) in [6.45, 7) is 5.98. The average molecular weight is 379 g/mol. The van der Waals surface area contributed by atoms with Gasteiger partial charge in [-0.1, -0.05) is 58.3 Å². The van der Waals surface area contributed by atoms with Crippen molar-refractivity contribution in [3.05, 3.63) is 0 Å². The molecule has 0 spiro atoms. The van der Waals surface area contributed by atoms with Gasteiger partial charge in [0, 0.05) is 0 Å². The van der Waals surface area contributed by atoms with Gasteiger partial charge < -0.3 is 0 Å². The first-order chi connectivity index (χ1) is 9.25.